The van der Waals surface area contributed by atoms with Crippen LogP contribution in [0.15, 0.2) is 73.4 Å². The number of anilines is 1. The predicted octanol–water partition coefficient (Wildman–Crippen LogP) is 3.07. The average Bonchev–Trinajstić information content (AvgIpc) is 3.16. The largest absolute Gasteiger partial charge is 0.319 e. The van der Waals surface area contributed by atoms with Gasteiger partial charge in [0.15, 0.2) is 0 Å². The molecule has 6 heteroatoms. The van der Waals surface area contributed by atoms with Crippen molar-refractivity contribution in [1.82, 2.24) is 19.7 Å². The van der Waals surface area contributed by atoms with Crippen LogP contribution in [0.2, 0.25) is 0 Å². The zero-order valence-corrected chi connectivity index (χ0v) is 12.6. The van der Waals surface area contributed by atoms with E-state index in [1.807, 2.05) is 54.6 Å². The Balaban J connectivity index is 1.73. The molecule has 0 aliphatic heterocycles. The molecular formula is C18H13N5O. The van der Waals surface area contributed by atoms with Gasteiger partial charge in [-0.3, -0.25) is 9.78 Å². The van der Waals surface area contributed by atoms with Crippen molar-refractivity contribution in [3.05, 3.63) is 79.1 Å². The van der Waals surface area contributed by atoms with Crippen LogP contribution in [0.5, 0.6) is 0 Å². The monoisotopic (exact) mass is 315 g/mol. The van der Waals surface area contributed by atoms with Crippen LogP contribution >= 0.6 is 0 Å². The van der Waals surface area contributed by atoms with Crippen molar-refractivity contribution in [2.75, 3.05) is 5.32 Å². The van der Waals surface area contributed by atoms with Gasteiger partial charge in [-0.2, -0.15) is 5.10 Å². The summed E-state index contributed by atoms with van der Waals surface area (Å²) in [5.41, 5.74) is 1.77. The van der Waals surface area contributed by atoms with Crippen LogP contribution in [0.25, 0.3) is 16.5 Å². The highest BCUT2D eigenvalue weighted by Gasteiger charge is 2.14. The fourth-order valence-electron chi connectivity index (χ4n) is 2.59. The van der Waals surface area contributed by atoms with Gasteiger partial charge in [-0.25, -0.2) is 9.67 Å². The number of hydrogen-bond donors (Lipinski definition) is 1. The molecule has 0 saturated carbocycles. The minimum Gasteiger partial charge on any atom is -0.319 e. The normalized spacial score (nSPS) is 10.7. The Morgan fingerprint density at radius 2 is 1.83 bits per heavy atom. The average molecular weight is 315 g/mol. The molecule has 24 heavy (non-hydrogen) atoms. The molecule has 0 saturated heterocycles. The summed E-state index contributed by atoms with van der Waals surface area (Å²) in [6, 6.07) is 17.0. The van der Waals surface area contributed by atoms with E-state index >= 15 is 0 Å². The number of carbonyl (C=O) groups excluding carboxylic acids is 1. The lowest BCUT2D eigenvalue weighted by atomic mass is 10.1. The number of fused-ring (bicyclic) bond motifs is 1. The van der Waals surface area contributed by atoms with Gasteiger partial charge < -0.3 is 5.32 Å². The molecular weight excluding hydrogens is 302 g/mol. The van der Waals surface area contributed by atoms with Crippen molar-refractivity contribution in [2.24, 2.45) is 0 Å². The highest BCUT2D eigenvalue weighted by molar-refractivity contribution is 6.11. The van der Waals surface area contributed by atoms with Gasteiger partial charge in [-0.15, -0.1) is 0 Å². The Kier molecular flexibility index (Phi) is 3.47. The van der Waals surface area contributed by atoms with Gasteiger partial charge in [0.05, 0.1) is 11.4 Å². The Hall–Kier alpha value is -3.54. The van der Waals surface area contributed by atoms with E-state index in [1.54, 1.807) is 17.2 Å². The SMILES string of the molecule is O=C(Nc1ccccc1-n1cncn1)c1nccc2ccccc12. The standard InChI is InChI=1S/C18H13N5O/c24-18(17-14-6-2-1-5-13(14)9-10-20-17)22-15-7-3-4-8-16(15)23-12-19-11-21-23/h1-12H,(H,22,24). The summed E-state index contributed by atoms with van der Waals surface area (Å²) in [6.07, 6.45) is 4.67. The lowest BCUT2D eigenvalue weighted by molar-refractivity contribution is 0.102. The highest BCUT2D eigenvalue weighted by Crippen LogP contribution is 2.21. The number of hydrogen-bond acceptors (Lipinski definition) is 4. The first kappa shape index (κ1) is 14.1. The van der Waals surface area contributed by atoms with Crippen molar-refractivity contribution in [1.29, 1.82) is 0 Å². The van der Waals surface area contributed by atoms with E-state index in [0.29, 0.717) is 11.4 Å². The Morgan fingerprint density at radius 1 is 1.00 bits per heavy atom. The van der Waals surface area contributed by atoms with Crippen LogP contribution < -0.4 is 5.32 Å². The van der Waals surface area contributed by atoms with E-state index in [2.05, 4.69) is 20.4 Å². The molecule has 4 aromatic rings. The predicted molar refractivity (Wildman–Crippen MR) is 91.1 cm³/mol. The van der Waals surface area contributed by atoms with Crippen LogP contribution in [0.4, 0.5) is 5.69 Å². The maximum Gasteiger partial charge on any atom is 0.274 e. The summed E-state index contributed by atoms with van der Waals surface area (Å²) >= 11 is 0. The van der Waals surface area contributed by atoms with E-state index in [1.165, 1.54) is 6.33 Å². The smallest absolute Gasteiger partial charge is 0.274 e. The molecule has 4 rings (SSSR count). The van der Waals surface area contributed by atoms with Gasteiger partial charge in [0.1, 0.15) is 18.3 Å². The van der Waals surface area contributed by atoms with E-state index in [0.717, 1.165) is 16.5 Å². The molecule has 6 nitrogen and oxygen atoms in total. The number of pyridine rings is 1. The first-order valence-electron chi connectivity index (χ1n) is 7.42. The lowest BCUT2D eigenvalue weighted by Gasteiger charge is -2.11. The number of rotatable bonds is 3. The first-order valence-corrected chi connectivity index (χ1v) is 7.42. The Labute approximate surface area is 137 Å². The third-order valence-electron chi connectivity index (χ3n) is 3.71. The molecule has 2 aromatic heterocycles. The van der Waals surface area contributed by atoms with Crippen molar-refractivity contribution < 1.29 is 4.79 Å². The molecule has 0 radical (unpaired) electrons. The van der Waals surface area contributed by atoms with Gasteiger partial charge in [0.25, 0.3) is 5.91 Å². The summed E-state index contributed by atoms with van der Waals surface area (Å²) < 4.78 is 1.60. The molecule has 116 valence electrons. The third-order valence-corrected chi connectivity index (χ3v) is 3.71. The first-order chi connectivity index (χ1) is 11.8. The molecule has 1 amide bonds. The quantitative estimate of drug-likeness (QED) is 0.630. The number of para-hydroxylation sites is 2. The number of amides is 1. The summed E-state index contributed by atoms with van der Waals surface area (Å²) in [5.74, 6) is -0.264. The number of benzene rings is 2. The van der Waals surface area contributed by atoms with Gasteiger partial charge in [0.2, 0.25) is 0 Å². The number of aromatic nitrogens is 4. The van der Waals surface area contributed by atoms with Crippen molar-refractivity contribution in [3.8, 4) is 5.69 Å². The van der Waals surface area contributed by atoms with E-state index in [4.69, 9.17) is 0 Å². The number of nitrogens with zero attached hydrogens (tertiary/aromatic N) is 4. The molecule has 0 aliphatic carbocycles. The van der Waals surface area contributed by atoms with E-state index < -0.39 is 0 Å². The Morgan fingerprint density at radius 3 is 2.71 bits per heavy atom. The molecule has 0 fully saturated rings. The number of nitrogens with one attached hydrogen (secondary N) is 1. The van der Waals surface area contributed by atoms with Crippen LogP contribution in [0.1, 0.15) is 10.5 Å². The van der Waals surface area contributed by atoms with Crippen molar-refractivity contribution in [2.45, 2.75) is 0 Å². The van der Waals surface area contributed by atoms with Gasteiger partial charge in [-0.05, 0) is 23.6 Å². The van der Waals surface area contributed by atoms with Gasteiger partial charge in [0, 0.05) is 11.6 Å². The molecule has 0 atom stereocenters. The highest BCUT2D eigenvalue weighted by atomic mass is 16.1. The summed E-state index contributed by atoms with van der Waals surface area (Å²) in [7, 11) is 0. The molecule has 0 bridgehead atoms. The second kappa shape index (κ2) is 5.92. The third kappa shape index (κ3) is 2.50. The van der Waals surface area contributed by atoms with E-state index in [9.17, 15) is 4.79 Å². The van der Waals surface area contributed by atoms with Crippen molar-refractivity contribution in [3.63, 3.8) is 0 Å². The minimum atomic E-state index is -0.264. The van der Waals surface area contributed by atoms with Gasteiger partial charge in [-0.1, -0.05) is 36.4 Å². The molecule has 0 aliphatic rings. The summed E-state index contributed by atoms with van der Waals surface area (Å²) in [5, 5.41) is 8.82. The molecule has 2 heterocycles. The molecule has 0 unspecified atom stereocenters. The fourth-order valence-corrected chi connectivity index (χ4v) is 2.59. The zero-order chi connectivity index (χ0) is 16.4. The van der Waals surface area contributed by atoms with Gasteiger partial charge >= 0.3 is 0 Å². The van der Waals surface area contributed by atoms with Crippen molar-refractivity contribution >= 4 is 22.4 Å². The second-order valence-electron chi connectivity index (χ2n) is 5.19. The molecule has 2 aromatic carbocycles. The topological polar surface area (TPSA) is 72.7 Å². The van der Waals surface area contributed by atoms with E-state index in [-0.39, 0.29) is 5.91 Å². The lowest BCUT2D eigenvalue weighted by Crippen LogP contribution is -2.15. The zero-order valence-electron chi connectivity index (χ0n) is 12.6. The second-order valence-corrected chi connectivity index (χ2v) is 5.19. The fraction of sp³-hybridized carbons (Fsp3) is 0. The summed E-state index contributed by atoms with van der Waals surface area (Å²) in [6.45, 7) is 0. The maximum atomic E-state index is 12.7. The number of carbonyl (C=O) groups is 1. The van der Waals surface area contributed by atoms with Crippen LogP contribution in [0.3, 0.4) is 0 Å². The van der Waals surface area contributed by atoms with Crippen LogP contribution in [0, 0.1) is 0 Å². The van der Waals surface area contributed by atoms with Crippen LogP contribution in [-0.2, 0) is 0 Å². The van der Waals surface area contributed by atoms with Crippen LogP contribution in [-0.4, -0.2) is 25.7 Å². The Bertz CT molecular complexity index is 1010. The maximum absolute atomic E-state index is 12.7. The molecule has 1 N–H and O–H groups in total. The minimum absolute atomic E-state index is 0.264. The summed E-state index contributed by atoms with van der Waals surface area (Å²) in [4.78, 5) is 20.9. The molecule has 0 spiro atoms.